The van der Waals surface area contributed by atoms with E-state index in [0.29, 0.717) is 22.8 Å². The van der Waals surface area contributed by atoms with Crippen LogP contribution < -0.4 is 5.32 Å². The first-order chi connectivity index (χ1) is 11.1. The minimum Gasteiger partial charge on any atom is -0.322 e. The van der Waals surface area contributed by atoms with Crippen molar-refractivity contribution in [3.8, 4) is 11.3 Å². The highest BCUT2D eigenvalue weighted by atomic mass is 35.5. The number of aromatic amines is 1. The molecule has 0 aliphatic carbocycles. The number of aromatic nitrogens is 2. The molecule has 1 aromatic heterocycles. The first kappa shape index (κ1) is 15.3. The zero-order valence-corrected chi connectivity index (χ0v) is 13.4. The Morgan fingerprint density at radius 2 is 1.83 bits per heavy atom. The number of carbonyl (C=O) groups excluding carboxylic acids is 1. The van der Waals surface area contributed by atoms with Crippen molar-refractivity contribution in [2.24, 2.45) is 0 Å². The number of amides is 1. The number of halogens is 1. The molecule has 1 amide bonds. The van der Waals surface area contributed by atoms with Crippen LogP contribution in [0.25, 0.3) is 11.3 Å². The molecule has 23 heavy (non-hydrogen) atoms. The molecule has 0 aliphatic heterocycles. The maximum atomic E-state index is 12.3. The molecular weight excluding hydrogens is 310 g/mol. The van der Waals surface area contributed by atoms with Crippen LogP contribution >= 0.6 is 11.6 Å². The summed E-state index contributed by atoms with van der Waals surface area (Å²) in [6, 6.07) is 17.0. The van der Waals surface area contributed by atoms with Gasteiger partial charge >= 0.3 is 0 Å². The third-order valence-electron chi connectivity index (χ3n) is 3.54. The summed E-state index contributed by atoms with van der Waals surface area (Å²) in [4.78, 5) is 12.3. The predicted octanol–water partition coefficient (Wildman–Crippen LogP) is 4.22. The largest absolute Gasteiger partial charge is 0.322 e. The molecular formula is C18H16ClN3O. The average molecular weight is 326 g/mol. The Morgan fingerprint density at radius 1 is 1.13 bits per heavy atom. The van der Waals surface area contributed by atoms with E-state index in [2.05, 4.69) is 15.5 Å². The summed E-state index contributed by atoms with van der Waals surface area (Å²) in [6.07, 6.45) is 0.325. The molecule has 0 bridgehead atoms. The molecule has 0 radical (unpaired) electrons. The average Bonchev–Trinajstić information content (AvgIpc) is 2.90. The Balaban J connectivity index is 1.81. The van der Waals surface area contributed by atoms with Gasteiger partial charge in [-0.1, -0.05) is 54.1 Å². The number of hydrogen-bond donors (Lipinski definition) is 2. The van der Waals surface area contributed by atoms with E-state index in [-0.39, 0.29) is 5.91 Å². The van der Waals surface area contributed by atoms with Crippen molar-refractivity contribution >= 4 is 23.2 Å². The molecule has 0 atom stereocenters. The zero-order chi connectivity index (χ0) is 16.2. The van der Waals surface area contributed by atoms with Crippen LogP contribution in [0.15, 0.2) is 54.6 Å². The Morgan fingerprint density at radius 3 is 2.52 bits per heavy atom. The Labute approximate surface area is 139 Å². The van der Waals surface area contributed by atoms with Gasteiger partial charge in [-0.15, -0.1) is 0 Å². The Bertz CT molecular complexity index is 810. The van der Waals surface area contributed by atoms with Crippen molar-refractivity contribution < 1.29 is 4.79 Å². The second-order valence-corrected chi connectivity index (χ2v) is 5.73. The standard InChI is InChI=1S/C18H16ClN3O/c1-12-17(20-16(23)11-13-5-3-2-4-6-13)18(22-21-12)14-7-9-15(19)10-8-14/h2-10H,11H2,1H3,(H,20,23)(H,21,22). The lowest BCUT2D eigenvalue weighted by Crippen LogP contribution is -2.15. The van der Waals surface area contributed by atoms with Crippen LogP contribution in [0.3, 0.4) is 0 Å². The molecule has 0 fully saturated rings. The molecule has 0 unspecified atom stereocenters. The highest BCUT2D eigenvalue weighted by Crippen LogP contribution is 2.29. The molecule has 5 heteroatoms. The maximum Gasteiger partial charge on any atom is 0.228 e. The van der Waals surface area contributed by atoms with Gasteiger partial charge in [0.15, 0.2) is 0 Å². The normalized spacial score (nSPS) is 10.5. The van der Waals surface area contributed by atoms with Gasteiger partial charge < -0.3 is 5.32 Å². The first-order valence-corrected chi connectivity index (χ1v) is 7.66. The van der Waals surface area contributed by atoms with Gasteiger partial charge in [0.25, 0.3) is 0 Å². The minimum absolute atomic E-state index is 0.0732. The lowest BCUT2D eigenvalue weighted by atomic mass is 10.1. The number of H-pyrrole nitrogens is 1. The van der Waals surface area contributed by atoms with Crippen molar-refractivity contribution in [3.05, 3.63) is 70.9 Å². The van der Waals surface area contributed by atoms with E-state index in [9.17, 15) is 4.79 Å². The Kier molecular flexibility index (Phi) is 4.44. The highest BCUT2D eigenvalue weighted by molar-refractivity contribution is 6.30. The predicted molar refractivity (Wildman–Crippen MR) is 92.5 cm³/mol. The highest BCUT2D eigenvalue weighted by Gasteiger charge is 2.15. The van der Waals surface area contributed by atoms with Gasteiger partial charge in [0, 0.05) is 10.6 Å². The molecule has 4 nitrogen and oxygen atoms in total. The van der Waals surface area contributed by atoms with E-state index in [1.54, 1.807) is 12.1 Å². The van der Waals surface area contributed by atoms with Crippen LogP contribution in [0.1, 0.15) is 11.3 Å². The van der Waals surface area contributed by atoms with Gasteiger partial charge in [-0.3, -0.25) is 9.89 Å². The van der Waals surface area contributed by atoms with Crippen molar-refractivity contribution in [1.29, 1.82) is 0 Å². The Hall–Kier alpha value is -2.59. The fourth-order valence-electron chi connectivity index (χ4n) is 2.36. The minimum atomic E-state index is -0.0732. The SMILES string of the molecule is Cc1[nH]nc(-c2ccc(Cl)cc2)c1NC(=O)Cc1ccccc1. The summed E-state index contributed by atoms with van der Waals surface area (Å²) in [5, 5.41) is 10.8. The summed E-state index contributed by atoms with van der Waals surface area (Å²) < 4.78 is 0. The van der Waals surface area contributed by atoms with Crippen molar-refractivity contribution in [1.82, 2.24) is 10.2 Å². The zero-order valence-electron chi connectivity index (χ0n) is 12.6. The maximum absolute atomic E-state index is 12.3. The number of nitrogens with one attached hydrogen (secondary N) is 2. The molecule has 0 spiro atoms. The monoisotopic (exact) mass is 325 g/mol. The van der Waals surface area contributed by atoms with Crippen molar-refractivity contribution in [2.45, 2.75) is 13.3 Å². The quantitative estimate of drug-likeness (QED) is 0.754. The summed E-state index contributed by atoms with van der Waals surface area (Å²) in [5.41, 5.74) is 4.10. The number of rotatable bonds is 4. The second kappa shape index (κ2) is 6.67. The van der Waals surface area contributed by atoms with Gasteiger partial charge in [-0.05, 0) is 24.6 Å². The van der Waals surface area contributed by atoms with E-state index < -0.39 is 0 Å². The van der Waals surface area contributed by atoms with E-state index in [1.165, 1.54) is 0 Å². The van der Waals surface area contributed by atoms with Crippen LogP contribution in [0, 0.1) is 6.92 Å². The fourth-order valence-corrected chi connectivity index (χ4v) is 2.49. The van der Waals surface area contributed by atoms with Crippen molar-refractivity contribution in [2.75, 3.05) is 5.32 Å². The van der Waals surface area contributed by atoms with Gasteiger partial charge in [0.05, 0.1) is 17.8 Å². The molecule has 0 aliphatic rings. The van der Waals surface area contributed by atoms with E-state index >= 15 is 0 Å². The molecule has 0 saturated heterocycles. The van der Waals surface area contributed by atoms with Crippen LogP contribution in [0.2, 0.25) is 5.02 Å². The second-order valence-electron chi connectivity index (χ2n) is 5.29. The van der Waals surface area contributed by atoms with E-state index in [4.69, 9.17) is 11.6 Å². The van der Waals surface area contributed by atoms with Crippen LogP contribution in [0.4, 0.5) is 5.69 Å². The molecule has 3 rings (SSSR count). The number of nitrogens with zero attached hydrogens (tertiary/aromatic N) is 1. The molecule has 2 aromatic carbocycles. The van der Waals surface area contributed by atoms with Crippen LogP contribution in [0.5, 0.6) is 0 Å². The number of benzene rings is 2. The molecule has 1 heterocycles. The van der Waals surface area contributed by atoms with E-state index in [1.807, 2.05) is 49.4 Å². The summed E-state index contributed by atoms with van der Waals surface area (Å²) >= 11 is 5.92. The topological polar surface area (TPSA) is 57.8 Å². The van der Waals surface area contributed by atoms with Gasteiger partial charge in [0.2, 0.25) is 5.91 Å². The van der Waals surface area contributed by atoms with Gasteiger partial charge in [-0.2, -0.15) is 5.10 Å². The summed E-state index contributed by atoms with van der Waals surface area (Å²) in [7, 11) is 0. The first-order valence-electron chi connectivity index (χ1n) is 7.28. The summed E-state index contributed by atoms with van der Waals surface area (Å²) in [6.45, 7) is 1.88. The molecule has 3 aromatic rings. The lowest BCUT2D eigenvalue weighted by molar-refractivity contribution is -0.115. The smallest absolute Gasteiger partial charge is 0.228 e. The fraction of sp³-hybridized carbons (Fsp3) is 0.111. The number of hydrogen-bond acceptors (Lipinski definition) is 2. The van der Waals surface area contributed by atoms with Crippen LogP contribution in [-0.2, 0) is 11.2 Å². The molecule has 116 valence electrons. The number of anilines is 1. The van der Waals surface area contributed by atoms with Crippen LogP contribution in [-0.4, -0.2) is 16.1 Å². The lowest BCUT2D eigenvalue weighted by Gasteiger charge is -2.07. The third-order valence-corrected chi connectivity index (χ3v) is 3.79. The number of aryl methyl sites for hydroxylation is 1. The number of carbonyl (C=O) groups is 1. The van der Waals surface area contributed by atoms with Gasteiger partial charge in [0.1, 0.15) is 5.69 Å². The summed E-state index contributed by atoms with van der Waals surface area (Å²) in [5.74, 6) is -0.0732. The van der Waals surface area contributed by atoms with Gasteiger partial charge in [-0.25, -0.2) is 0 Å². The molecule has 0 saturated carbocycles. The van der Waals surface area contributed by atoms with E-state index in [0.717, 1.165) is 16.8 Å². The third kappa shape index (κ3) is 3.60. The molecule has 2 N–H and O–H groups in total. The van der Waals surface area contributed by atoms with Crippen molar-refractivity contribution in [3.63, 3.8) is 0 Å².